The molecule has 5 nitrogen and oxygen atoms in total. The zero-order valence-electron chi connectivity index (χ0n) is 8.06. The minimum Gasteiger partial charge on any atom is -0.481 e. The van der Waals surface area contributed by atoms with E-state index in [1.165, 1.54) is 0 Å². The molecule has 0 heterocycles. The highest BCUT2D eigenvalue weighted by atomic mass is 16.4. The Morgan fingerprint density at radius 3 is 1.93 bits per heavy atom. The van der Waals surface area contributed by atoms with Crippen molar-refractivity contribution in [2.45, 2.75) is 25.8 Å². The molecule has 80 valence electrons. The first kappa shape index (κ1) is 11.0. The molecular formula is C9H15NO4. The van der Waals surface area contributed by atoms with Gasteiger partial charge in [-0.05, 0) is 19.4 Å². The van der Waals surface area contributed by atoms with E-state index in [9.17, 15) is 9.59 Å². The zero-order valence-corrected chi connectivity index (χ0v) is 8.06. The van der Waals surface area contributed by atoms with Crippen LogP contribution in [0.15, 0.2) is 0 Å². The second-order valence-corrected chi connectivity index (χ2v) is 3.62. The first-order chi connectivity index (χ1) is 6.56. The van der Waals surface area contributed by atoms with Gasteiger partial charge in [0.1, 0.15) is 0 Å². The second kappa shape index (κ2) is 4.41. The Morgan fingerprint density at radius 1 is 1.21 bits per heavy atom. The topological polar surface area (TPSA) is 86.6 Å². The summed E-state index contributed by atoms with van der Waals surface area (Å²) in [6.07, 6.45) is 0.834. The van der Waals surface area contributed by atoms with E-state index in [1.54, 1.807) is 0 Å². The molecule has 0 spiro atoms. The van der Waals surface area contributed by atoms with Gasteiger partial charge >= 0.3 is 11.9 Å². The Morgan fingerprint density at radius 2 is 1.64 bits per heavy atom. The maximum absolute atomic E-state index is 10.8. The highest BCUT2D eigenvalue weighted by Gasteiger charge is 2.42. The van der Waals surface area contributed by atoms with Gasteiger partial charge in [-0.1, -0.05) is 6.92 Å². The maximum atomic E-state index is 10.8. The SMILES string of the molecule is CCNC1CC(C(=O)O)C(C(=O)O)C1. The smallest absolute Gasteiger partial charge is 0.307 e. The van der Waals surface area contributed by atoms with Crippen molar-refractivity contribution in [2.24, 2.45) is 11.8 Å². The third-order valence-corrected chi connectivity index (χ3v) is 2.69. The minimum absolute atomic E-state index is 0.0298. The van der Waals surface area contributed by atoms with Gasteiger partial charge in [0.25, 0.3) is 0 Å². The molecule has 0 bridgehead atoms. The Hall–Kier alpha value is -1.10. The third kappa shape index (κ3) is 2.23. The van der Waals surface area contributed by atoms with Gasteiger partial charge in [-0.3, -0.25) is 9.59 Å². The highest BCUT2D eigenvalue weighted by Crippen LogP contribution is 2.32. The average molecular weight is 201 g/mol. The average Bonchev–Trinajstić information content (AvgIpc) is 2.49. The summed E-state index contributed by atoms with van der Waals surface area (Å²) < 4.78 is 0. The quantitative estimate of drug-likeness (QED) is 0.603. The molecule has 0 aromatic heterocycles. The van der Waals surface area contributed by atoms with E-state index in [2.05, 4.69) is 5.32 Å². The van der Waals surface area contributed by atoms with Crippen molar-refractivity contribution in [2.75, 3.05) is 6.54 Å². The lowest BCUT2D eigenvalue weighted by atomic mass is 9.97. The molecule has 0 aromatic rings. The van der Waals surface area contributed by atoms with Gasteiger partial charge in [0.05, 0.1) is 11.8 Å². The predicted molar refractivity (Wildman–Crippen MR) is 49.0 cm³/mol. The molecule has 1 aliphatic rings. The normalized spacial score (nSPS) is 31.6. The lowest BCUT2D eigenvalue weighted by Crippen LogP contribution is -2.26. The number of nitrogens with one attached hydrogen (secondary N) is 1. The molecule has 0 radical (unpaired) electrons. The van der Waals surface area contributed by atoms with Gasteiger partial charge < -0.3 is 15.5 Å². The second-order valence-electron chi connectivity index (χ2n) is 3.62. The van der Waals surface area contributed by atoms with E-state index in [-0.39, 0.29) is 6.04 Å². The van der Waals surface area contributed by atoms with Gasteiger partial charge in [0.15, 0.2) is 0 Å². The van der Waals surface area contributed by atoms with E-state index in [0.29, 0.717) is 12.8 Å². The van der Waals surface area contributed by atoms with Gasteiger partial charge in [-0.15, -0.1) is 0 Å². The van der Waals surface area contributed by atoms with E-state index in [0.717, 1.165) is 6.54 Å². The van der Waals surface area contributed by atoms with Gasteiger partial charge in [0, 0.05) is 6.04 Å². The monoisotopic (exact) mass is 201 g/mol. The Labute approximate surface area is 82.1 Å². The molecule has 1 aliphatic carbocycles. The highest BCUT2D eigenvalue weighted by molar-refractivity contribution is 5.80. The molecular weight excluding hydrogens is 186 g/mol. The fraction of sp³-hybridized carbons (Fsp3) is 0.778. The van der Waals surface area contributed by atoms with E-state index >= 15 is 0 Å². The van der Waals surface area contributed by atoms with E-state index in [1.807, 2.05) is 6.92 Å². The summed E-state index contributed by atoms with van der Waals surface area (Å²) in [6, 6.07) is 0.0298. The molecule has 0 amide bonds. The van der Waals surface area contributed by atoms with Crippen LogP contribution < -0.4 is 5.32 Å². The maximum Gasteiger partial charge on any atom is 0.307 e. The summed E-state index contributed by atoms with van der Waals surface area (Å²) in [7, 11) is 0. The number of hydrogen-bond donors (Lipinski definition) is 3. The summed E-state index contributed by atoms with van der Waals surface area (Å²) in [4.78, 5) is 21.6. The van der Waals surface area contributed by atoms with E-state index < -0.39 is 23.8 Å². The zero-order chi connectivity index (χ0) is 10.7. The van der Waals surface area contributed by atoms with Crippen LogP contribution in [0.2, 0.25) is 0 Å². The molecule has 5 heteroatoms. The molecule has 1 saturated carbocycles. The number of carboxylic acids is 2. The number of hydrogen-bond acceptors (Lipinski definition) is 3. The van der Waals surface area contributed by atoms with E-state index in [4.69, 9.17) is 10.2 Å². The summed E-state index contributed by atoms with van der Waals surface area (Å²) in [5.74, 6) is -3.48. The number of rotatable bonds is 4. The van der Waals surface area contributed by atoms with Crippen LogP contribution in [0, 0.1) is 11.8 Å². The van der Waals surface area contributed by atoms with Gasteiger partial charge in [-0.2, -0.15) is 0 Å². The van der Waals surface area contributed by atoms with Crippen molar-refractivity contribution in [3.63, 3.8) is 0 Å². The molecule has 14 heavy (non-hydrogen) atoms. The van der Waals surface area contributed by atoms with Crippen molar-refractivity contribution in [3.05, 3.63) is 0 Å². The van der Waals surface area contributed by atoms with Crippen molar-refractivity contribution >= 4 is 11.9 Å². The van der Waals surface area contributed by atoms with Crippen LogP contribution in [0.4, 0.5) is 0 Å². The van der Waals surface area contributed by atoms with Crippen LogP contribution >= 0.6 is 0 Å². The lowest BCUT2D eigenvalue weighted by Gasteiger charge is -2.08. The fourth-order valence-corrected chi connectivity index (χ4v) is 2.04. The first-order valence-electron chi connectivity index (χ1n) is 4.75. The van der Waals surface area contributed by atoms with Crippen molar-refractivity contribution in [3.8, 4) is 0 Å². The largest absolute Gasteiger partial charge is 0.481 e. The van der Waals surface area contributed by atoms with Crippen molar-refractivity contribution in [1.29, 1.82) is 0 Å². The molecule has 0 aliphatic heterocycles. The van der Waals surface area contributed by atoms with Crippen LogP contribution in [0.5, 0.6) is 0 Å². The predicted octanol–water partition coefficient (Wildman–Crippen LogP) is 0.160. The first-order valence-corrected chi connectivity index (χ1v) is 4.75. The molecule has 0 saturated heterocycles. The molecule has 3 N–H and O–H groups in total. The Bertz CT molecular complexity index is 219. The minimum atomic E-state index is -1.00. The standard InChI is InChI=1S/C9H15NO4/c1-2-10-5-3-6(8(11)12)7(4-5)9(13)14/h5-7,10H,2-4H2,1H3,(H,11,12)(H,13,14). The summed E-state index contributed by atoms with van der Waals surface area (Å²) >= 11 is 0. The van der Waals surface area contributed by atoms with Gasteiger partial charge in [0.2, 0.25) is 0 Å². The molecule has 0 aromatic carbocycles. The molecule has 1 rings (SSSR count). The molecule has 1 fully saturated rings. The summed E-state index contributed by atoms with van der Waals surface area (Å²) in [6.45, 7) is 2.66. The third-order valence-electron chi connectivity index (χ3n) is 2.69. The summed E-state index contributed by atoms with van der Waals surface area (Å²) in [5.41, 5.74) is 0. The van der Waals surface area contributed by atoms with Crippen molar-refractivity contribution in [1.82, 2.24) is 5.32 Å². The van der Waals surface area contributed by atoms with Crippen LogP contribution in [-0.4, -0.2) is 34.7 Å². The summed E-state index contributed by atoms with van der Waals surface area (Å²) in [5, 5.41) is 20.7. The van der Waals surface area contributed by atoms with Crippen molar-refractivity contribution < 1.29 is 19.8 Å². The number of carboxylic acid groups (broad SMARTS) is 2. The Kier molecular flexibility index (Phi) is 3.46. The van der Waals surface area contributed by atoms with Crippen LogP contribution in [0.1, 0.15) is 19.8 Å². The lowest BCUT2D eigenvalue weighted by molar-refractivity contribution is -0.152. The number of carbonyl (C=O) groups is 2. The van der Waals surface area contributed by atoms with Crippen LogP contribution in [0.3, 0.4) is 0 Å². The van der Waals surface area contributed by atoms with Gasteiger partial charge in [-0.25, -0.2) is 0 Å². The van der Waals surface area contributed by atoms with Crippen LogP contribution in [-0.2, 0) is 9.59 Å². The molecule has 2 atom stereocenters. The number of aliphatic carboxylic acids is 2. The van der Waals surface area contributed by atoms with Crippen LogP contribution in [0.25, 0.3) is 0 Å². The molecule has 2 unspecified atom stereocenters. The fourth-order valence-electron chi connectivity index (χ4n) is 2.04. The Balaban J connectivity index is 2.65.